The van der Waals surface area contributed by atoms with Crippen LogP contribution in [0.15, 0.2) is 59.3 Å². The van der Waals surface area contributed by atoms with Gasteiger partial charge in [0.2, 0.25) is 5.91 Å². The third-order valence-electron chi connectivity index (χ3n) is 3.78. The molecule has 0 radical (unpaired) electrons. The van der Waals surface area contributed by atoms with E-state index in [0.29, 0.717) is 17.2 Å². The highest BCUT2D eigenvalue weighted by Crippen LogP contribution is 2.26. The first kappa shape index (κ1) is 18.0. The fourth-order valence-electron chi connectivity index (χ4n) is 2.49. The number of thioether (sulfide) groups is 1. The monoisotopic (exact) mass is 415 g/mol. The van der Waals surface area contributed by atoms with E-state index in [4.69, 9.17) is 11.6 Å². The molecule has 0 bridgehead atoms. The average Bonchev–Trinajstić information content (AvgIpc) is 3.35. The standard InChI is InChI=1S/C18H14ClN5OS2/c19-12-3-5-13(6-4-12)24-17-15(9-23-24)18(22-11-21-17)27-10-16(25)20-8-14-2-1-7-26-14/h1-7,9,11H,8,10H2,(H,20,25). The van der Waals surface area contributed by atoms with Crippen molar-refractivity contribution in [2.24, 2.45) is 0 Å². The van der Waals surface area contributed by atoms with E-state index in [-0.39, 0.29) is 11.7 Å². The minimum Gasteiger partial charge on any atom is -0.350 e. The van der Waals surface area contributed by atoms with Gasteiger partial charge < -0.3 is 5.32 Å². The largest absolute Gasteiger partial charge is 0.350 e. The molecule has 0 fully saturated rings. The number of nitrogens with one attached hydrogen (secondary N) is 1. The normalized spacial score (nSPS) is 11.0. The van der Waals surface area contributed by atoms with Crippen LogP contribution in [0.25, 0.3) is 16.7 Å². The van der Waals surface area contributed by atoms with E-state index < -0.39 is 0 Å². The summed E-state index contributed by atoms with van der Waals surface area (Å²) in [6.07, 6.45) is 3.21. The van der Waals surface area contributed by atoms with Crippen LogP contribution >= 0.6 is 34.7 Å². The number of amides is 1. The molecular weight excluding hydrogens is 402 g/mol. The van der Waals surface area contributed by atoms with E-state index in [1.807, 2.05) is 29.6 Å². The van der Waals surface area contributed by atoms with Gasteiger partial charge in [-0.2, -0.15) is 5.10 Å². The Morgan fingerprint density at radius 2 is 2.07 bits per heavy atom. The van der Waals surface area contributed by atoms with Crippen molar-refractivity contribution in [3.8, 4) is 5.69 Å². The maximum atomic E-state index is 12.1. The lowest BCUT2D eigenvalue weighted by molar-refractivity contribution is -0.118. The van der Waals surface area contributed by atoms with Crippen molar-refractivity contribution in [3.05, 3.63) is 64.2 Å². The van der Waals surface area contributed by atoms with E-state index in [0.717, 1.165) is 21.0 Å². The second-order valence-corrected chi connectivity index (χ2v) is 8.03. The van der Waals surface area contributed by atoms with Crippen LogP contribution in [-0.4, -0.2) is 31.4 Å². The van der Waals surface area contributed by atoms with Gasteiger partial charge in [-0.15, -0.1) is 11.3 Å². The molecule has 4 aromatic rings. The number of nitrogens with zero attached hydrogens (tertiary/aromatic N) is 4. The minimum atomic E-state index is -0.0368. The van der Waals surface area contributed by atoms with Crippen LogP contribution in [0.2, 0.25) is 5.02 Å². The zero-order valence-electron chi connectivity index (χ0n) is 14.0. The van der Waals surface area contributed by atoms with Crippen molar-refractivity contribution in [3.63, 3.8) is 0 Å². The fraction of sp³-hybridized carbons (Fsp3) is 0.111. The van der Waals surface area contributed by atoms with Gasteiger partial charge in [-0.3, -0.25) is 4.79 Å². The summed E-state index contributed by atoms with van der Waals surface area (Å²) >= 11 is 8.94. The lowest BCUT2D eigenvalue weighted by atomic mass is 10.3. The molecule has 27 heavy (non-hydrogen) atoms. The Morgan fingerprint density at radius 1 is 1.22 bits per heavy atom. The van der Waals surface area contributed by atoms with Crippen LogP contribution in [0.5, 0.6) is 0 Å². The third kappa shape index (κ3) is 4.13. The number of rotatable bonds is 6. The highest BCUT2D eigenvalue weighted by atomic mass is 35.5. The van der Waals surface area contributed by atoms with Crippen molar-refractivity contribution in [2.75, 3.05) is 5.75 Å². The molecule has 0 aliphatic carbocycles. The maximum Gasteiger partial charge on any atom is 0.230 e. The summed E-state index contributed by atoms with van der Waals surface area (Å²) in [5, 5.41) is 11.5. The van der Waals surface area contributed by atoms with Crippen molar-refractivity contribution in [1.29, 1.82) is 0 Å². The van der Waals surface area contributed by atoms with Crippen LogP contribution in [0, 0.1) is 0 Å². The summed E-state index contributed by atoms with van der Waals surface area (Å²) in [6, 6.07) is 11.3. The van der Waals surface area contributed by atoms with E-state index in [1.165, 1.54) is 18.1 Å². The van der Waals surface area contributed by atoms with E-state index >= 15 is 0 Å². The predicted molar refractivity (Wildman–Crippen MR) is 109 cm³/mol. The number of hydrogen-bond acceptors (Lipinski definition) is 6. The van der Waals surface area contributed by atoms with Gasteiger partial charge in [0.1, 0.15) is 11.4 Å². The highest BCUT2D eigenvalue weighted by Gasteiger charge is 2.13. The lowest BCUT2D eigenvalue weighted by Crippen LogP contribution is -2.24. The van der Waals surface area contributed by atoms with E-state index in [1.54, 1.807) is 34.3 Å². The molecule has 0 saturated heterocycles. The topological polar surface area (TPSA) is 72.7 Å². The lowest BCUT2D eigenvalue weighted by Gasteiger charge is -2.05. The van der Waals surface area contributed by atoms with Crippen LogP contribution in [-0.2, 0) is 11.3 Å². The van der Waals surface area contributed by atoms with Crippen molar-refractivity contribution < 1.29 is 4.79 Å². The molecule has 0 saturated carbocycles. The van der Waals surface area contributed by atoms with Gasteiger partial charge in [0.15, 0.2) is 5.65 Å². The predicted octanol–water partition coefficient (Wildman–Crippen LogP) is 3.94. The Morgan fingerprint density at radius 3 is 2.85 bits per heavy atom. The summed E-state index contributed by atoms with van der Waals surface area (Å²) < 4.78 is 1.73. The molecule has 9 heteroatoms. The Hall–Kier alpha value is -2.42. The number of halogens is 1. The number of aromatic nitrogens is 4. The second-order valence-electron chi connectivity index (χ2n) is 5.59. The Labute approximate surface area is 168 Å². The van der Waals surface area contributed by atoms with Gasteiger partial charge in [-0.05, 0) is 35.7 Å². The molecule has 1 N–H and O–H groups in total. The number of benzene rings is 1. The molecule has 0 aliphatic rings. The van der Waals surface area contributed by atoms with Gasteiger partial charge in [-0.1, -0.05) is 29.4 Å². The molecule has 0 aliphatic heterocycles. The highest BCUT2D eigenvalue weighted by molar-refractivity contribution is 8.00. The molecular formula is C18H14ClN5OS2. The van der Waals surface area contributed by atoms with Crippen molar-refractivity contribution >= 4 is 51.6 Å². The number of carbonyl (C=O) groups is 1. The van der Waals surface area contributed by atoms with Gasteiger partial charge in [0.25, 0.3) is 0 Å². The summed E-state index contributed by atoms with van der Waals surface area (Å²) in [5.74, 6) is 0.245. The molecule has 3 aromatic heterocycles. The Kier molecular flexibility index (Phi) is 5.38. The van der Waals surface area contributed by atoms with Gasteiger partial charge in [0, 0.05) is 9.90 Å². The van der Waals surface area contributed by atoms with E-state index in [2.05, 4.69) is 20.4 Å². The smallest absolute Gasteiger partial charge is 0.230 e. The van der Waals surface area contributed by atoms with Gasteiger partial charge >= 0.3 is 0 Å². The zero-order chi connectivity index (χ0) is 18.6. The molecule has 4 rings (SSSR count). The summed E-state index contributed by atoms with van der Waals surface area (Å²) in [7, 11) is 0. The maximum absolute atomic E-state index is 12.1. The Balaban J connectivity index is 1.48. The van der Waals surface area contributed by atoms with Crippen LogP contribution in [0.3, 0.4) is 0 Å². The summed E-state index contributed by atoms with van der Waals surface area (Å²) in [6.45, 7) is 0.546. The Bertz CT molecular complexity index is 1060. The molecule has 0 unspecified atom stereocenters. The van der Waals surface area contributed by atoms with E-state index in [9.17, 15) is 4.79 Å². The first-order chi connectivity index (χ1) is 13.2. The third-order valence-corrected chi connectivity index (χ3v) is 5.91. The summed E-state index contributed by atoms with van der Waals surface area (Å²) in [4.78, 5) is 21.9. The number of hydrogen-bond donors (Lipinski definition) is 1. The average molecular weight is 416 g/mol. The minimum absolute atomic E-state index is 0.0368. The van der Waals surface area contributed by atoms with Gasteiger partial charge in [-0.25, -0.2) is 14.6 Å². The first-order valence-corrected chi connectivity index (χ1v) is 10.3. The number of fused-ring (bicyclic) bond motifs is 1. The fourth-order valence-corrected chi connectivity index (χ4v) is 4.05. The molecule has 1 aromatic carbocycles. The molecule has 3 heterocycles. The summed E-state index contributed by atoms with van der Waals surface area (Å²) in [5.41, 5.74) is 1.55. The van der Waals surface area contributed by atoms with Crippen LogP contribution in [0.1, 0.15) is 4.88 Å². The SMILES string of the molecule is O=C(CSc1ncnc2c1cnn2-c1ccc(Cl)cc1)NCc1cccs1. The molecule has 6 nitrogen and oxygen atoms in total. The number of carbonyl (C=O) groups excluding carboxylic acids is 1. The molecule has 136 valence electrons. The van der Waals surface area contributed by atoms with Gasteiger partial charge in [0.05, 0.1) is 29.6 Å². The first-order valence-electron chi connectivity index (χ1n) is 8.07. The molecule has 0 atom stereocenters. The van der Waals surface area contributed by atoms with Crippen molar-refractivity contribution in [1.82, 2.24) is 25.1 Å². The van der Waals surface area contributed by atoms with Crippen LogP contribution in [0.4, 0.5) is 0 Å². The number of thiophene rings is 1. The molecule has 0 spiro atoms. The van der Waals surface area contributed by atoms with Crippen molar-refractivity contribution in [2.45, 2.75) is 11.6 Å². The zero-order valence-corrected chi connectivity index (χ0v) is 16.4. The quantitative estimate of drug-likeness (QED) is 0.381. The second kappa shape index (κ2) is 8.08. The molecule has 1 amide bonds. The van der Waals surface area contributed by atoms with Crippen LogP contribution < -0.4 is 5.32 Å².